The molecule has 116 valence electrons. The first-order chi connectivity index (χ1) is 10.2. The Bertz CT molecular complexity index is 590. The van der Waals surface area contributed by atoms with E-state index in [1.165, 1.54) is 18.4 Å². The van der Waals surface area contributed by atoms with Crippen LogP contribution in [0.5, 0.6) is 5.75 Å². The molecule has 0 saturated heterocycles. The zero-order valence-corrected chi connectivity index (χ0v) is 14.2. The molecule has 2 rings (SSSR count). The van der Waals surface area contributed by atoms with E-state index >= 15 is 0 Å². The minimum absolute atomic E-state index is 0.427. The van der Waals surface area contributed by atoms with Gasteiger partial charge in [-0.25, -0.2) is 4.98 Å². The van der Waals surface area contributed by atoms with Crippen LogP contribution in [0.3, 0.4) is 0 Å². The predicted octanol–water partition coefficient (Wildman–Crippen LogP) is 4.82. The zero-order valence-electron chi connectivity index (χ0n) is 13.4. The highest BCUT2D eigenvalue weighted by Crippen LogP contribution is 2.31. The highest BCUT2D eigenvalue weighted by Gasteiger charge is 2.21. The van der Waals surface area contributed by atoms with Crippen LogP contribution in [-0.2, 0) is 6.42 Å². The normalized spacial score (nSPS) is 13.0. The number of hydrogen-bond acceptors (Lipinski definition) is 2. The Morgan fingerprint density at radius 2 is 2.00 bits per heavy atom. The summed E-state index contributed by atoms with van der Waals surface area (Å²) < 4.78 is 7.68. The monoisotopic (exact) mass is 308 g/mol. The zero-order chi connectivity index (χ0) is 15.4. The highest BCUT2D eigenvalue weighted by atomic mass is 35.5. The molecule has 4 heteroatoms. The predicted molar refractivity (Wildman–Crippen MR) is 89.5 cm³/mol. The van der Waals surface area contributed by atoms with E-state index in [0.717, 1.165) is 23.5 Å². The van der Waals surface area contributed by atoms with Crippen molar-refractivity contribution >= 4 is 22.6 Å². The Hall–Kier alpha value is -1.22. The summed E-state index contributed by atoms with van der Waals surface area (Å²) in [5, 5.41) is 0. The van der Waals surface area contributed by atoms with E-state index < -0.39 is 0 Å². The van der Waals surface area contributed by atoms with Crippen LogP contribution in [0.25, 0.3) is 11.0 Å². The number of nitrogens with zero attached hydrogens (tertiary/aromatic N) is 2. The lowest BCUT2D eigenvalue weighted by Crippen LogP contribution is -2.18. The van der Waals surface area contributed by atoms with Crippen LogP contribution >= 0.6 is 11.6 Å². The minimum Gasteiger partial charge on any atom is -0.497 e. The van der Waals surface area contributed by atoms with Crippen molar-refractivity contribution in [1.29, 1.82) is 0 Å². The Morgan fingerprint density at radius 1 is 1.29 bits per heavy atom. The Kier molecular flexibility index (Phi) is 5.51. The number of halogens is 1. The molecule has 0 aliphatic carbocycles. The third-order valence-electron chi connectivity index (χ3n) is 4.43. The lowest BCUT2D eigenvalue weighted by Gasteiger charge is -2.25. The number of aryl methyl sites for hydroxylation is 1. The molecule has 3 nitrogen and oxygen atoms in total. The Morgan fingerprint density at radius 3 is 2.57 bits per heavy atom. The quantitative estimate of drug-likeness (QED) is 0.685. The first kappa shape index (κ1) is 16.2. The third kappa shape index (κ3) is 3.18. The average Bonchev–Trinajstić information content (AvgIpc) is 2.85. The van der Waals surface area contributed by atoms with Gasteiger partial charge in [-0.2, -0.15) is 0 Å². The van der Waals surface area contributed by atoms with Crippen LogP contribution in [0.2, 0.25) is 0 Å². The standard InChI is InChI=1S/C17H25ClN2O/c1-5-13(6-2)12(3)20-16-8-7-14(21-4)11-15(16)19-17(20)9-10-18/h7-8,11-13H,5-6,9-10H2,1-4H3. The fourth-order valence-corrected chi connectivity index (χ4v) is 3.32. The largest absolute Gasteiger partial charge is 0.497 e. The van der Waals surface area contributed by atoms with Crippen LogP contribution in [0, 0.1) is 5.92 Å². The van der Waals surface area contributed by atoms with E-state index in [9.17, 15) is 0 Å². The van der Waals surface area contributed by atoms with Gasteiger partial charge in [0, 0.05) is 24.4 Å². The van der Waals surface area contributed by atoms with E-state index in [0.29, 0.717) is 17.8 Å². The molecule has 0 N–H and O–H groups in total. The van der Waals surface area contributed by atoms with Crippen molar-refractivity contribution < 1.29 is 4.74 Å². The lowest BCUT2D eigenvalue weighted by molar-refractivity contribution is 0.333. The number of rotatable bonds is 7. The summed E-state index contributed by atoms with van der Waals surface area (Å²) in [4.78, 5) is 4.78. The fourth-order valence-electron chi connectivity index (χ4n) is 3.15. The van der Waals surface area contributed by atoms with E-state index in [-0.39, 0.29) is 0 Å². The number of hydrogen-bond donors (Lipinski definition) is 0. The van der Waals surface area contributed by atoms with Gasteiger partial charge in [0.25, 0.3) is 0 Å². The molecule has 0 aliphatic rings. The van der Waals surface area contributed by atoms with Gasteiger partial charge in [-0.15, -0.1) is 11.6 Å². The first-order valence-corrected chi connectivity index (χ1v) is 8.30. The van der Waals surface area contributed by atoms with Gasteiger partial charge in [-0.1, -0.05) is 26.7 Å². The van der Waals surface area contributed by atoms with Crippen LogP contribution in [-0.4, -0.2) is 22.5 Å². The molecule has 1 aromatic heterocycles. The number of benzene rings is 1. The summed E-state index contributed by atoms with van der Waals surface area (Å²) in [5.74, 6) is 3.17. The summed E-state index contributed by atoms with van der Waals surface area (Å²) in [5.41, 5.74) is 2.17. The smallest absolute Gasteiger partial charge is 0.121 e. The van der Waals surface area contributed by atoms with Gasteiger partial charge in [0.2, 0.25) is 0 Å². The summed E-state index contributed by atoms with van der Waals surface area (Å²) in [6, 6.07) is 6.54. The number of ether oxygens (including phenoxy) is 1. The minimum atomic E-state index is 0.427. The molecule has 1 heterocycles. The summed E-state index contributed by atoms with van der Waals surface area (Å²) in [7, 11) is 1.69. The third-order valence-corrected chi connectivity index (χ3v) is 4.62. The topological polar surface area (TPSA) is 27.1 Å². The summed E-state index contributed by atoms with van der Waals surface area (Å²) in [6.07, 6.45) is 3.14. The van der Waals surface area contributed by atoms with Crippen LogP contribution in [0.1, 0.15) is 45.5 Å². The van der Waals surface area contributed by atoms with Gasteiger partial charge in [-0.05, 0) is 25.0 Å². The SMILES string of the molecule is CCC(CC)C(C)n1c(CCCl)nc2cc(OC)ccc21. The molecule has 2 aromatic rings. The second-order valence-electron chi connectivity index (χ2n) is 5.51. The number of alkyl halides is 1. The van der Waals surface area contributed by atoms with Crippen molar-refractivity contribution in [2.75, 3.05) is 13.0 Å². The molecule has 0 amide bonds. The van der Waals surface area contributed by atoms with Gasteiger partial charge < -0.3 is 9.30 Å². The molecule has 0 fully saturated rings. The van der Waals surface area contributed by atoms with Crippen LogP contribution in [0.4, 0.5) is 0 Å². The van der Waals surface area contributed by atoms with Gasteiger partial charge in [0.1, 0.15) is 11.6 Å². The maximum atomic E-state index is 5.97. The number of imidazole rings is 1. The van der Waals surface area contributed by atoms with Crippen molar-refractivity contribution in [2.24, 2.45) is 5.92 Å². The highest BCUT2D eigenvalue weighted by molar-refractivity contribution is 6.17. The number of fused-ring (bicyclic) bond motifs is 1. The maximum absolute atomic E-state index is 5.97. The second kappa shape index (κ2) is 7.17. The lowest BCUT2D eigenvalue weighted by atomic mass is 9.95. The Labute approximate surface area is 132 Å². The Balaban J connectivity index is 2.55. The van der Waals surface area contributed by atoms with Gasteiger partial charge in [-0.3, -0.25) is 0 Å². The van der Waals surface area contributed by atoms with Crippen molar-refractivity contribution in [1.82, 2.24) is 9.55 Å². The van der Waals surface area contributed by atoms with E-state index in [2.05, 4.69) is 31.4 Å². The van der Waals surface area contributed by atoms with Crippen molar-refractivity contribution in [3.8, 4) is 5.75 Å². The molecular weight excluding hydrogens is 284 g/mol. The molecule has 0 bridgehead atoms. The van der Waals surface area contributed by atoms with Crippen molar-refractivity contribution in [3.05, 3.63) is 24.0 Å². The van der Waals surface area contributed by atoms with Crippen LogP contribution < -0.4 is 4.74 Å². The van der Waals surface area contributed by atoms with E-state index in [1.54, 1.807) is 7.11 Å². The van der Waals surface area contributed by atoms with Crippen LogP contribution in [0.15, 0.2) is 18.2 Å². The molecule has 21 heavy (non-hydrogen) atoms. The van der Waals surface area contributed by atoms with Gasteiger partial charge in [0.05, 0.1) is 18.1 Å². The summed E-state index contributed by atoms with van der Waals surface area (Å²) in [6.45, 7) is 6.81. The number of methoxy groups -OCH3 is 1. The van der Waals surface area contributed by atoms with E-state index in [4.69, 9.17) is 21.3 Å². The van der Waals surface area contributed by atoms with Gasteiger partial charge in [0.15, 0.2) is 0 Å². The number of aromatic nitrogens is 2. The fraction of sp³-hybridized carbons (Fsp3) is 0.588. The second-order valence-corrected chi connectivity index (χ2v) is 5.89. The molecule has 1 aromatic carbocycles. The summed E-state index contributed by atoms with van der Waals surface area (Å²) >= 11 is 5.97. The van der Waals surface area contributed by atoms with Crippen molar-refractivity contribution in [3.63, 3.8) is 0 Å². The molecule has 0 saturated carbocycles. The molecular formula is C17H25ClN2O. The molecule has 1 atom stereocenters. The molecule has 0 spiro atoms. The average molecular weight is 309 g/mol. The molecule has 1 unspecified atom stereocenters. The van der Waals surface area contributed by atoms with Gasteiger partial charge >= 0.3 is 0 Å². The molecule has 0 radical (unpaired) electrons. The first-order valence-electron chi connectivity index (χ1n) is 7.77. The van der Waals surface area contributed by atoms with Crippen molar-refractivity contribution in [2.45, 2.75) is 46.1 Å². The maximum Gasteiger partial charge on any atom is 0.121 e. The molecule has 0 aliphatic heterocycles. The van der Waals surface area contributed by atoms with E-state index in [1.807, 2.05) is 12.1 Å².